The van der Waals surface area contributed by atoms with E-state index >= 15 is 0 Å². The predicted octanol–water partition coefficient (Wildman–Crippen LogP) is 4.49. The lowest BCUT2D eigenvalue weighted by atomic mass is 9.78. The van der Waals surface area contributed by atoms with Gasteiger partial charge in [0.1, 0.15) is 0 Å². The number of nitrogens with one attached hydrogen (secondary N) is 2. The van der Waals surface area contributed by atoms with Crippen LogP contribution in [-0.2, 0) is 0 Å². The van der Waals surface area contributed by atoms with Crippen molar-refractivity contribution < 1.29 is 0 Å². The van der Waals surface area contributed by atoms with Gasteiger partial charge in [-0.15, -0.1) is 11.3 Å². The average Bonchev–Trinajstić information content (AvgIpc) is 3.21. The molecule has 2 heterocycles. The molecule has 4 atom stereocenters. The van der Waals surface area contributed by atoms with E-state index in [-0.39, 0.29) is 0 Å². The SMILES string of the molecule is CCCC(NC1CCCCC1C1CCCN1)c1cccs1. The van der Waals surface area contributed by atoms with Crippen molar-refractivity contribution in [2.75, 3.05) is 6.54 Å². The van der Waals surface area contributed by atoms with E-state index in [0.29, 0.717) is 12.1 Å². The van der Waals surface area contributed by atoms with Gasteiger partial charge in [0.2, 0.25) is 0 Å². The molecule has 2 nitrogen and oxygen atoms in total. The summed E-state index contributed by atoms with van der Waals surface area (Å²) in [4.78, 5) is 1.53. The molecule has 2 N–H and O–H groups in total. The van der Waals surface area contributed by atoms with Crippen molar-refractivity contribution in [2.24, 2.45) is 5.92 Å². The van der Waals surface area contributed by atoms with Crippen molar-refractivity contribution in [1.29, 1.82) is 0 Å². The minimum absolute atomic E-state index is 0.571. The van der Waals surface area contributed by atoms with Gasteiger partial charge in [-0.25, -0.2) is 0 Å². The molecule has 0 bridgehead atoms. The van der Waals surface area contributed by atoms with Gasteiger partial charge < -0.3 is 10.6 Å². The lowest BCUT2D eigenvalue weighted by molar-refractivity contribution is 0.198. The van der Waals surface area contributed by atoms with Crippen LogP contribution in [0, 0.1) is 5.92 Å². The van der Waals surface area contributed by atoms with Crippen LogP contribution in [0.25, 0.3) is 0 Å². The maximum atomic E-state index is 4.06. The molecule has 1 saturated heterocycles. The molecule has 0 amide bonds. The van der Waals surface area contributed by atoms with E-state index in [9.17, 15) is 0 Å². The molecular weight excluding hydrogens is 276 g/mol. The molecule has 1 aromatic rings. The minimum atomic E-state index is 0.571. The van der Waals surface area contributed by atoms with Gasteiger partial charge in [0.15, 0.2) is 0 Å². The number of rotatable bonds is 6. The molecule has 0 aromatic carbocycles. The third kappa shape index (κ3) is 3.88. The third-order valence-corrected chi connectivity index (χ3v) is 6.30. The maximum absolute atomic E-state index is 4.06. The van der Waals surface area contributed by atoms with Gasteiger partial charge >= 0.3 is 0 Å². The summed E-state index contributed by atoms with van der Waals surface area (Å²) >= 11 is 1.91. The Morgan fingerprint density at radius 1 is 1.29 bits per heavy atom. The first-order valence-corrected chi connectivity index (χ1v) is 9.79. The van der Waals surface area contributed by atoms with Gasteiger partial charge in [-0.05, 0) is 56.0 Å². The maximum Gasteiger partial charge on any atom is 0.0416 e. The molecule has 1 saturated carbocycles. The zero-order valence-corrected chi connectivity index (χ0v) is 14.1. The highest BCUT2D eigenvalue weighted by atomic mass is 32.1. The van der Waals surface area contributed by atoms with Gasteiger partial charge in [0, 0.05) is 23.0 Å². The van der Waals surface area contributed by atoms with Crippen LogP contribution in [0.3, 0.4) is 0 Å². The summed E-state index contributed by atoms with van der Waals surface area (Å²) in [6, 6.07) is 6.56. The second kappa shape index (κ2) is 7.75. The van der Waals surface area contributed by atoms with Gasteiger partial charge in [0.25, 0.3) is 0 Å². The monoisotopic (exact) mass is 306 g/mol. The lowest BCUT2D eigenvalue weighted by Crippen LogP contribution is -2.47. The van der Waals surface area contributed by atoms with Crippen LogP contribution in [-0.4, -0.2) is 18.6 Å². The van der Waals surface area contributed by atoms with E-state index in [0.717, 1.165) is 12.0 Å². The Balaban J connectivity index is 1.67. The van der Waals surface area contributed by atoms with Crippen LogP contribution in [0.1, 0.15) is 69.2 Å². The summed E-state index contributed by atoms with van der Waals surface area (Å²) in [5.74, 6) is 0.848. The molecule has 1 aromatic heterocycles. The van der Waals surface area contributed by atoms with Crippen molar-refractivity contribution >= 4 is 11.3 Å². The van der Waals surface area contributed by atoms with Crippen molar-refractivity contribution in [3.05, 3.63) is 22.4 Å². The first kappa shape index (κ1) is 15.5. The van der Waals surface area contributed by atoms with Crippen LogP contribution < -0.4 is 10.6 Å². The van der Waals surface area contributed by atoms with E-state index in [1.165, 1.54) is 62.8 Å². The Kier molecular flexibility index (Phi) is 5.73. The molecule has 1 aliphatic carbocycles. The number of thiophene rings is 1. The molecule has 3 rings (SSSR count). The summed E-state index contributed by atoms with van der Waals surface area (Å²) in [6.45, 7) is 3.54. The molecule has 2 aliphatic rings. The second-order valence-electron chi connectivity index (χ2n) is 6.78. The molecule has 21 heavy (non-hydrogen) atoms. The fraction of sp³-hybridized carbons (Fsp3) is 0.778. The van der Waals surface area contributed by atoms with Crippen LogP contribution in [0.2, 0.25) is 0 Å². The quantitative estimate of drug-likeness (QED) is 0.809. The highest BCUT2D eigenvalue weighted by molar-refractivity contribution is 7.10. The topological polar surface area (TPSA) is 24.1 Å². The van der Waals surface area contributed by atoms with Gasteiger partial charge in [-0.3, -0.25) is 0 Å². The Hall–Kier alpha value is -0.380. The smallest absolute Gasteiger partial charge is 0.0416 e. The highest BCUT2D eigenvalue weighted by Gasteiger charge is 2.34. The van der Waals surface area contributed by atoms with E-state index in [1.807, 2.05) is 11.3 Å². The summed E-state index contributed by atoms with van der Waals surface area (Å²) in [7, 11) is 0. The van der Waals surface area contributed by atoms with E-state index in [2.05, 4.69) is 35.1 Å². The molecule has 3 heteroatoms. The normalized spacial score (nSPS) is 31.4. The zero-order chi connectivity index (χ0) is 14.5. The summed E-state index contributed by atoms with van der Waals surface area (Å²) in [5, 5.41) is 10.0. The first-order valence-electron chi connectivity index (χ1n) is 8.91. The van der Waals surface area contributed by atoms with Crippen molar-refractivity contribution in [1.82, 2.24) is 10.6 Å². The van der Waals surface area contributed by atoms with Crippen LogP contribution >= 0.6 is 11.3 Å². The Bertz CT molecular complexity index is 397. The van der Waals surface area contributed by atoms with Gasteiger partial charge in [-0.1, -0.05) is 32.3 Å². The number of hydrogen-bond acceptors (Lipinski definition) is 3. The summed E-state index contributed by atoms with van der Waals surface area (Å²) in [5.41, 5.74) is 0. The second-order valence-corrected chi connectivity index (χ2v) is 7.76. The summed E-state index contributed by atoms with van der Waals surface area (Å²) < 4.78 is 0. The van der Waals surface area contributed by atoms with Crippen molar-refractivity contribution in [3.63, 3.8) is 0 Å². The first-order chi connectivity index (χ1) is 10.4. The van der Waals surface area contributed by atoms with Gasteiger partial charge in [-0.2, -0.15) is 0 Å². The van der Waals surface area contributed by atoms with Crippen LogP contribution in [0.15, 0.2) is 17.5 Å². The fourth-order valence-electron chi connectivity index (χ4n) is 4.27. The molecule has 0 radical (unpaired) electrons. The Morgan fingerprint density at radius 2 is 2.19 bits per heavy atom. The number of hydrogen-bond donors (Lipinski definition) is 2. The molecule has 1 aliphatic heterocycles. The molecule has 2 fully saturated rings. The standard InChI is InChI=1S/C18H30N2S/c1-2-7-17(18-11-6-13-21-18)20-16-9-4-3-8-14(16)15-10-5-12-19-15/h6,11,13-17,19-20H,2-5,7-10,12H2,1H3. The highest BCUT2D eigenvalue weighted by Crippen LogP contribution is 2.33. The largest absolute Gasteiger partial charge is 0.314 e. The average molecular weight is 307 g/mol. The van der Waals surface area contributed by atoms with Crippen LogP contribution in [0.5, 0.6) is 0 Å². The molecule has 4 unspecified atom stereocenters. The van der Waals surface area contributed by atoms with E-state index in [4.69, 9.17) is 0 Å². The summed E-state index contributed by atoms with van der Waals surface area (Å²) in [6.07, 6.45) is 10.9. The van der Waals surface area contributed by atoms with E-state index in [1.54, 1.807) is 0 Å². The third-order valence-electron chi connectivity index (χ3n) is 5.31. The van der Waals surface area contributed by atoms with Gasteiger partial charge in [0.05, 0.1) is 0 Å². The predicted molar refractivity (Wildman–Crippen MR) is 91.9 cm³/mol. The van der Waals surface area contributed by atoms with Crippen LogP contribution in [0.4, 0.5) is 0 Å². The van der Waals surface area contributed by atoms with Crippen molar-refractivity contribution in [3.8, 4) is 0 Å². The molecular formula is C18H30N2S. The minimum Gasteiger partial charge on any atom is -0.314 e. The van der Waals surface area contributed by atoms with E-state index < -0.39 is 0 Å². The molecule has 118 valence electrons. The Morgan fingerprint density at radius 3 is 2.90 bits per heavy atom. The lowest BCUT2D eigenvalue weighted by Gasteiger charge is -2.38. The van der Waals surface area contributed by atoms with Crippen molar-refractivity contribution in [2.45, 2.75) is 76.4 Å². The zero-order valence-electron chi connectivity index (χ0n) is 13.3. The molecule has 0 spiro atoms. The Labute approximate surface area is 133 Å². The fourth-order valence-corrected chi connectivity index (χ4v) is 5.09.